The molecule has 0 fully saturated rings. The lowest BCUT2D eigenvalue weighted by atomic mass is 10.2. The van der Waals surface area contributed by atoms with Crippen molar-refractivity contribution >= 4 is 27.7 Å². The number of thioether (sulfide) groups is 1. The lowest BCUT2D eigenvalue weighted by Crippen LogP contribution is -2.07. The maximum atomic E-state index is 4.14. The molecule has 2 aromatic rings. The molecule has 0 saturated heterocycles. The van der Waals surface area contributed by atoms with Gasteiger partial charge in [0.2, 0.25) is 0 Å². The molecule has 5 heteroatoms. The molecule has 1 aliphatic rings. The van der Waals surface area contributed by atoms with Crippen molar-refractivity contribution in [1.29, 1.82) is 0 Å². The van der Waals surface area contributed by atoms with Gasteiger partial charge in [0.25, 0.3) is 0 Å². The van der Waals surface area contributed by atoms with E-state index in [4.69, 9.17) is 0 Å². The molecular formula is C10H8BrN3S. The van der Waals surface area contributed by atoms with Crippen molar-refractivity contribution in [2.75, 3.05) is 0 Å². The Labute approximate surface area is 100 Å². The van der Waals surface area contributed by atoms with Gasteiger partial charge in [-0.15, -0.1) is 10.2 Å². The summed E-state index contributed by atoms with van der Waals surface area (Å²) in [6, 6.07) is 6.32. The van der Waals surface area contributed by atoms with E-state index in [-0.39, 0.29) is 0 Å². The van der Waals surface area contributed by atoms with Gasteiger partial charge in [0.05, 0.1) is 5.69 Å². The van der Waals surface area contributed by atoms with Gasteiger partial charge in [0, 0.05) is 10.2 Å². The maximum Gasteiger partial charge on any atom is 0.196 e. The zero-order chi connectivity index (χ0) is 10.4. The van der Waals surface area contributed by atoms with Crippen LogP contribution < -0.4 is 0 Å². The van der Waals surface area contributed by atoms with Crippen molar-refractivity contribution in [3.63, 3.8) is 0 Å². The molecular weight excluding hydrogens is 274 g/mol. The van der Waals surface area contributed by atoms with E-state index >= 15 is 0 Å². The fourth-order valence-corrected chi connectivity index (χ4v) is 3.13. The standard InChI is InChI=1S/C10H8BrN3S/c1-6-12-13-10-14(6)9-3-2-8(11)4-7(9)5-15-10/h2-4H,5H2,1H3. The molecule has 0 spiro atoms. The minimum Gasteiger partial charge on any atom is -0.274 e. The van der Waals surface area contributed by atoms with Crippen LogP contribution in [0.1, 0.15) is 11.4 Å². The van der Waals surface area contributed by atoms with Gasteiger partial charge < -0.3 is 0 Å². The first-order chi connectivity index (χ1) is 7.25. The summed E-state index contributed by atoms with van der Waals surface area (Å²) in [6.45, 7) is 1.98. The zero-order valence-electron chi connectivity index (χ0n) is 8.07. The topological polar surface area (TPSA) is 30.7 Å². The Hall–Kier alpha value is -0.810. The molecule has 0 radical (unpaired) electrons. The second kappa shape index (κ2) is 3.35. The highest BCUT2D eigenvalue weighted by atomic mass is 79.9. The summed E-state index contributed by atoms with van der Waals surface area (Å²) in [5.74, 6) is 1.91. The van der Waals surface area contributed by atoms with E-state index in [0.29, 0.717) is 0 Å². The van der Waals surface area contributed by atoms with Gasteiger partial charge in [0.15, 0.2) is 5.16 Å². The van der Waals surface area contributed by atoms with Gasteiger partial charge in [-0.25, -0.2) is 0 Å². The molecule has 0 atom stereocenters. The lowest BCUT2D eigenvalue weighted by Gasteiger charge is -2.18. The van der Waals surface area contributed by atoms with E-state index in [2.05, 4.69) is 48.9 Å². The molecule has 2 heterocycles. The molecule has 0 saturated carbocycles. The smallest absolute Gasteiger partial charge is 0.196 e. The van der Waals surface area contributed by atoms with Crippen molar-refractivity contribution < 1.29 is 0 Å². The molecule has 0 amide bonds. The summed E-state index contributed by atoms with van der Waals surface area (Å²) in [5, 5.41) is 9.23. The van der Waals surface area contributed by atoms with Crippen LogP contribution in [0.5, 0.6) is 0 Å². The highest BCUT2D eigenvalue weighted by Gasteiger charge is 2.19. The molecule has 76 valence electrons. The number of rotatable bonds is 0. The predicted molar refractivity (Wildman–Crippen MR) is 63.4 cm³/mol. The first-order valence-corrected chi connectivity index (χ1v) is 6.37. The number of hydrogen-bond acceptors (Lipinski definition) is 3. The summed E-state index contributed by atoms with van der Waals surface area (Å²) in [5.41, 5.74) is 2.53. The maximum absolute atomic E-state index is 4.14. The van der Waals surface area contributed by atoms with Gasteiger partial charge in [-0.3, -0.25) is 4.57 Å². The van der Waals surface area contributed by atoms with Crippen LogP contribution in [-0.2, 0) is 5.75 Å². The number of fused-ring (bicyclic) bond motifs is 3. The SMILES string of the molecule is Cc1nnc2n1-c1ccc(Br)cc1CS2. The third-order valence-electron chi connectivity index (χ3n) is 2.43. The number of aryl methyl sites for hydroxylation is 1. The lowest BCUT2D eigenvalue weighted by molar-refractivity contribution is 0.847. The van der Waals surface area contributed by atoms with Crippen LogP contribution in [0.25, 0.3) is 5.69 Å². The van der Waals surface area contributed by atoms with Crippen LogP contribution in [0.4, 0.5) is 0 Å². The minimum atomic E-state index is 0.945. The number of nitrogens with zero attached hydrogens (tertiary/aromatic N) is 3. The Morgan fingerprint density at radius 1 is 1.40 bits per heavy atom. The molecule has 3 rings (SSSR count). The zero-order valence-corrected chi connectivity index (χ0v) is 10.5. The quantitative estimate of drug-likeness (QED) is 0.744. The summed E-state index contributed by atoms with van der Waals surface area (Å²) >= 11 is 5.22. The van der Waals surface area contributed by atoms with Crippen LogP contribution in [-0.4, -0.2) is 14.8 Å². The van der Waals surface area contributed by atoms with Crippen LogP contribution >= 0.6 is 27.7 Å². The molecule has 3 nitrogen and oxygen atoms in total. The first-order valence-electron chi connectivity index (χ1n) is 4.59. The van der Waals surface area contributed by atoms with E-state index < -0.39 is 0 Å². The number of aromatic nitrogens is 3. The Kier molecular flexibility index (Phi) is 2.10. The van der Waals surface area contributed by atoms with Gasteiger partial charge in [-0.05, 0) is 30.7 Å². The number of halogens is 1. The Balaban J connectivity index is 2.29. The second-order valence-electron chi connectivity index (χ2n) is 3.43. The van der Waals surface area contributed by atoms with Gasteiger partial charge in [0.1, 0.15) is 5.82 Å². The van der Waals surface area contributed by atoms with Crippen molar-refractivity contribution in [1.82, 2.24) is 14.8 Å². The summed E-state index contributed by atoms with van der Waals surface area (Å²) in [4.78, 5) is 0. The van der Waals surface area contributed by atoms with Crippen LogP contribution in [0.3, 0.4) is 0 Å². The summed E-state index contributed by atoms with van der Waals surface area (Å²) < 4.78 is 3.23. The molecule has 0 aliphatic carbocycles. The molecule has 0 unspecified atom stereocenters. The predicted octanol–water partition coefficient (Wildman–Crippen LogP) is 2.94. The van der Waals surface area contributed by atoms with Crippen LogP contribution in [0.2, 0.25) is 0 Å². The summed E-state index contributed by atoms with van der Waals surface area (Å²) in [7, 11) is 0. The molecule has 0 bridgehead atoms. The minimum absolute atomic E-state index is 0.945. The Morgan fingerprint density at radius 3 is 3.13 bits per heavy atom. The van der Waals surface area contributed by atoms with E-state index in [1.54, 1.807) is 11.8 Å². The fraction of sp³-hybridized carbons (Fsp3) is 0.200. The first kappa shape index (κ1) is 9.42. The molecule has 1 aliphatic heterocycles. The average molecular weight is 282 g/mol. The van der Waals surface area contributed by atoms with Crippen molar-refractivity contribution in [2.24, 2.45) is 0 Å². The third-order valence-corrected chi connectivity index (χ3v) is 3.91. The van der Waals surface area contributed by atoms with E-state index in [1.165, 1.54) is 11.3 Å². The highest BCUT2D eigenvalue weighted by molar-refractivity contribution is 9.10. The number of benzene rings is 1. The molecule has 1 aromatic carbocycles. The van der Waals surface area contributed by atoms with E-state index in [1.807, 2.05) is 6.92 Å². The van der Waals surface area contributed by atoms with Gasteiger partial charge >= 0.3 is 0 Å². The number of hydrogen-bond donors (Lipinski definition) is 0. The van der Waals surface area contributed by atoms with Gasteiger partial charge in [-0.1, -0.05) is 27.7 Å². The Morgan fingerprint density at radius 2 is 2.27 bits per heavy atom. The second-order valence-corrected chi connectivity index (χ2v) is 5.29. The van der Waals surface area contributed by atoms with Crippen molar-refractivity contribution in [2.45, 2.75) is 17.8 Å². The Bertz CT molecular complexity index is 535. The monoisotopic (exact) mass is 281 g/mol. The third kappa shape index (κ3) is 1.41. The van der Waals surface area contributed by atoms with Crippen molar-refractivity contribution in [3.05, 3.63) is 34.1 Å². The fourth-order valence-electron chi connectivity index (χ4n) is 1.74. The molecule has 15 heavy (non-hydrogen) atoms. The van der Waals surface area contributed by atoms with Gasteiger partial charge in [-0.2, -0.15) is 0 Å². The van der Waals surface area contributed by atoms with Crippen LogP contribution in [0, 0.1) is 6.92 Å². The van der Waals surface area contributed by atoms with Crippen molar-refractivity contribution in [3.8, 4) is 5.69 Å². The molecule has 0 N–H and O–H groups in total. The largest absolute Gasteiger partial charge is 0.274 e. The van der Waals surface area contributed by atoms with E-state index in [0.717, 1.165) is 21.2 Å². The average Bonchev–Trinajstić information content (AvgIpc) is 2.60. The summed E-state index contributed by atoms with van der Waals surface area (Å²) in [6.07, 6.45) is 0. The van der Waals surface area contributed by atoms with Crippen LogP contribution in [0.15, 0.2) is 27.8 Å². The van der Waals surface area contributed by atoms with E-state index in [9.17, 15) is 0 Å². The molecule has 1 aromatic heterocycles. The normalized spacial score (nSPS) is 13.5. The highest BCUT2D eigenvalue weighted by Crippen LogP contribution is 2.34.